The summed E-state index contributed by atoms with van der Waals surface area (Å²) < 4.78 is 2.28. The van der Waals surface area contributed by atoms with Crippen molar-refractivity contribution in [1.82, 2.24) is 14.9 Å². The Morgan fingerprint density at radius 2 is 2.06 bits per heavy atom. The number of imidazole rings is 1. The fraction of sp³-hybridized carbons (Fsp3) is 0.769. The molecule has 1 aromatic rings. The molecule has 0 bridgehead atoms. The second-order valence-corrected chi connectivity index (χ2v) is 4.27. The van der Waals surface area contributed by atoms with Gasteiger partial charge in [0.1, 0.15) is 5.82 Å². The molecule has 0 amide bonds. The summed E-state index contributed by atoms with van der Waals surface area (Å²) in [5.41, 5.74) is 0. The van der Waals surface area contributed by atoms with E-state index in [-0.39, 0.29) is 0 Å². The van der Waals surface area contributed by atoms with E-state index in [2.05, 4.69) is 34.9 Å². The SMILES string of the molecule is CCCCCCn1ccnc1CNCCC. The van der Waals surface area contributed by atoms with Crippen LogP contribution in [0.3, 0.4) is 0 Å². The van der Waals surface area contributed by atoms with Gasteiger partial charge in [-0.15, -0.1) is 0 Å². The predicted octanol–water partition coefficient (Wildman–Crippen LogP) is 2.96. The lowest BCUT2D eigenvalue weighted by Gasteiger charge is -2.08. The zero-order valence-corrected chi connectivity index (χ0v) is 10.7. The molecule has 0 aromatic carbocycles. The lowest BCUT2D eigenvalue weighted by molar-refractivity contribution is 0.546. The third-order valence-corrected chi connectivity index (χ3v) is 2.76. The fourth-order valence-corrected chi connectivity index (χ4v) is 1.80. The third-order valence-electron chi connectivity index (χ3n) is 2.76. The van der Waals surface area contributed by atoms with Crippen molar-refractivity contribution in [3.63, 3.8) is 0 Å². The maximum Gasteiger partial charge on any atom is 0.122 e. The Balaban J connectivity index is 2.26. The summed E-state index contributed by atoms with van der Waals surface area (Å²) in [6.45, 7) is 7.52. The molecule has 3 nitrogen and oxygen atoms in total. The Bertz CT molecular complexity index is 268. The van der Waals surface area contributed by atoms with Gasteiger partial charge in [-0.25, -0.2) is 4.98 Å². The molecule has 0 saturated carbocycles. The monoisotopic (exact) mass is 223 g/mol. The standard InChI is InChI=1S/C13H25N3/c1-3-5-6-7-10-16-11-9-15-13(16)12-14-8-4-2/h9,11,14H,3-8,10,12H2,1-2H3. The molecule has 1 rings (SSSR count). The summed E-state index contributed by atoms with van der Waals surface area (Å²) in [6.07, 6.45) is 10.4. The average Bonchev–Trinajstić information content (AvgIpc) is 2.73. The summed E-state index contributed by atoms with van der Waals surface area (Å²) in [4.78, 5) is 4.39. The van der Waals surface area contributed by atoms with Crippen molar-refractivity contribution in [2.75, 3.05) is 6.54 Å². The molecule has 0 aliphatic heterocycles. The molecule has 0 unspecified atom stereocenters. The first-order valence-electron chi connectivity index (χ1n) is 6.59. The van der Waals surface area contributed by atoms with Crippen LogP contribution in [0.15, 0.2) is 12.4 Å². The van der Waals surface area contributed by atoms with Crippen molar-refractivity contribution in [1.29, 1.82) is 0 Å². The fourth-order valence-electron chi connectivity index (χ4n) is 1.80. The van der Waals surface area contributed by atoms with Crippen LogP contribution >= 0.6 is 0 Å². The lowest BCUT2D eigenvalue weighted by Crippen LogP contribution is -2.17. The van der Waals surface area contributed by atoms with Crippen LogP contribution in [-0.4, -0.2) is 16.1 Å². The van der Waals surface area contributed by atoms with Crippen molar-refractivity contribution in [2.24, 2.45) is 0 Å². The molecule has 16 heavy (non-hydrogen) atoms. The van der Waals surface area contributed by atoms with E-state index in [1.54, 1.807) is 0 Å². The van der Waals surface area contributed by atoms with Crippen molar-refractivity contribution in [3.8, 4) is 0 Å². The molecule has 92 valence electrons. The summed E-state index contributed by atoms with van der Waals surface area (Å²) in [5, 5.41) is 3.40. The lowest BCUT2D eigenvalue weighted by atomic mass is 10.2. The Kier molecular flexibility index (Phi) is 6.90. The number of nitrogens with one attached hydrogen (secondary N) is 1. The van der Waals surface area contributed by atoms with E-state index in [0.717, 1.165) is 19.6 Å². The molecule has 1 heterocycles. The smallest absolute Gasteiger partial charge is 0.122 e. The Morgan fingerprint density at radius 3 is 2.81 bits per heavy atom. The Hall–Kier alpha value is -0.830. The van der Waals surface area contributed by atoms with Gasteiger partial charge in [-0.1, -0.05) is 33.1 Å². The van der Waals surface area contributed by atoms with Gasteiger partial charge in [0.2, 0.25) is 0 Å². The number of hydrogen-bond donors (Lipinski definition) is 1. The van der Waals surface area contributed by atoms with Gasteiger partial charge in [0, 0.05) is 18.9 Å². The quantitative estimate of drug-likeness (QED) is 0.652. The van der Waals surface area contributed by atoms with Gasteiger partial charge >= 0.3 is 0 Å². The average molecular weight is 223 g/mol. The number of rotatable bonds is 9. The first-order chi connectivity index (χ1) is 7.88. The third kappa shape index (κ3) is 4.79. The van der Waals surface area contributed by atoms with Crippen molar-refractivity contribution in [3.05, 3.63) is 18.2 Å². The molecule has 1 N–H and O–H groups in total. The number of aryl methyl sites for hydroxylation is 1. The molecular formula is C13H25N3. The van der Waals surface area contributed by atoms with Crippen LogP contribution in [0.4, 0.5) is 0 Å². The van der Waals surface area contributed by atoms with E-state index >= 15 is 0 Å². The van der Waals surface area contributed by atoms with E-state index in [1.807, 2.05) is 6.20 Å². The molecule has 0 fully saturated rings. The van der Waals surface area contributed by atoms with Gasteiger partial charge in [0.05, 0.1) is 6.54 Å². The molecular weight excluding hydrogens is 198 g/mol. The van der Waals surface area contributed by atoms with Crippen molar-refractivity contribution in [2.45, 2.75) is 59.0 Å². The van der Waals surface area contributed by atoms with Crippen LogP contribution in [0.25, 0.3) is 0 Å². The topological polar surface area (TPSA) is 29.9 Å². The predicted molar refractivity (Wildman–Crippen MR) is 68.4 cm³/mol. The first-order valence-corrected chi connectivity index (χ1v) is 6.59. The molecule has 0 aliphatic carbocycles. The van der Waals surface area contributed by atoms with Crippen LogP contribution < -0.4 is 5.32 Å². The van der Waals surface area contributed by atoms with E-state index < -0.39 is 0 Å². The van der Waals surface area contributed by atoms with Crippen molar-refractivity contribution < 1.29 is 0 Å². The molecule has 0 saturated heterocycles. The van der Waals surface area contributed by atoms with Gasteiger partial charge in [0.15, 0.2) is 0 Å². The Labute approximate surface area is 99.3 Å². The van der Waals surface area contributed by atoms with Crippen molar-refractivity contribution >= 4 is 0 Å². The number of hydrogen-bond acceptors (Lipinski definition) is 2. The van der Waals surface area contributed by atoms with Crippen LogP contribution in [0.2, 0.25) is 0 Å². The number of unbranched alkanes of at least 4 members (excludes halogenated alkanes) is 3. The summed E-state index contributed by atoms with van der Waals surface area (Å²) in [7, 11) is 0. The largest absolute Gasteiger partial charge is 0.334 e. The minimum atomic E-state index is 0.897. The minimum Gasteiger partial charge on any atom is -0.334 e. The van der Waals surface area contributed by atoms with Crippen LogP contribution in [-0.2, 0) is 13.1 Å². The highest BCUT2D eigenvalue weighted by atomic mass is 15.1. The molecule has 3 heteroatoms. The summed E-state index contributed by atoms with van der Waals surface area (Å²) >= 11 is 0. The molecule has 0 radical (unpaired) electrons. The number of aromatic nitrogens is 2. The normalized spacial score (nSPS) is 10.9. The highest BCUT2D eigenvalue weighted by molar-refractivity contribution is 4.91. The van der Waals surface area contributed by atoms with E-state index in [9.17, 15) is 0 Å². The Morgan fingerprint density at radius 1 is 1.19 bits per heavy atom. The van der Waals surface area contributed by atoms with Gasteiger partial charge in [-0.3, -0.25) is 0 Å². The zero-order valence-electron chi connectivity index (χ0n) is 10.7. The highest BCUT2D eigenvalue weighted by Crippen LogP contribution is 2.04. The van der Waals surface area contributed by atoms with Gasteiger partial charge in [-0.2, -0.15) is 0 Å². The zero-order chi connectivity index (χ0) is 11.6. The van der Waals surface area contributed by atoms with Gasteiger partial charge in [0.25, 0.3) is 0 Å². The van der Waals surface area contributed by atoms with Crippen LogP contribution in [0.5, 0.6) is 0 Å². The minimum absolute atomic E-state index is 0.897. The second kappa shape index (κ2) is 8.34. The highest BCUT2D eigenvalue weighted by Gasteiger charge is 2.01. The van der Waals surface area contributed by atoms with Crippen LogP contribution in [0, 0.1) is 0 Å². The maximum atomic E-state index is 4.39. The number of nitrogens with zero attached hydrogens (tertiary/aromatic N) is 2. The van der Waals surface area contributed by atoms with E-state index in [4.69, 9.17) is 0 Å². The molecule has 0 atom stereocenters. The summed E-state index contributed by atoms with van der Waals surface area (Å²) in [5.74, 6) is 1.17. The summed E-state index contributed by atoms with van der Waals surface area (Å²) in [6, 6.07) is 0. The van der Waals surface area contributed by atoms with Gasteiger partial charge < -0.3 is 9.88 Å². The molecule has 0 aliphatic rings. The second-order valence-electron chi connectivity index (χ2n) is 4.27. The van der Waals surface area contributed by atoms with E-state index in [0.29, 0.717) is 0 Å². The molecule has 1 aromatic heterocycles. The van der Waals surface area contributed by atoms with E-state index in [1.165, 1.54) is 37.9 Å². The molecule has 0 spiro atoms. The van der Waals surface area contributed by atoms with Gasteiger partial charge in [-0.05, 0) is 19.4 Å². The first kappa shape index (κ1) is 13.2. The van der Waals surface area contributed by atoms with Crippen LogP contribution in [0.1, 0.15) is 51.8 Å². The maximum absolute atomic E-state index is 4.39.